The van der Waals surface area contributed by atoms with E-state index in [9.17, 15) is 4.79 Å². The van der Waals surface area contributed by atoms with Crippen LogP contribution in [0.1, 0.15) is 12.8 Å². The molecule has 0 radical (unpaired) electrons. The molecule has 88 valence electrons. The summed E-state index contributed by atoms with van der Waals surface area (Å²) < 4.78 is 10.7. The molecule has 1 fully saturated rings. The number of likely N-dealkylation sites (N-methyl/N-ethyl adjacent to an activating group) is 1. The molecular formula is C10H20N2O3. The van der Waals surface area contributed by atoms with Crippen molar-refractivity contribution in [2.45, 2.75) is 18.9 Å². The van der Waals surface area contributed by atoms with Crippen molar-refractivity contribution < 1.29 is 14.3 Å². The first-order chi connectivity index (χ1) is 7.24. The highest BCUT2D eigenvalue weighted by molar-refractivity contribution is 5.79. The predicted molar refractivity (Wildman–Crippen MR) is 56.4 cm³/mol. The van der Waals surface area contributed by atoms with Crippen LogP contribution in [-0.4, -0.2) is 45.4 Å². The van der Waals surface area contributed by atoms with Gasteiger partial charge in [-0.15, -0.1) is 0 Å². The number of hydrogen-bond acceptors (Lipinski definition) is 4. The smallest absolute Gasteiger partial charge is 0.236 e. The zero-order valence-corrected chi connectivity index (χ0v) is 9.20. The number of nitrogens with one attached hydrogen (secondary N) is 1. The van der Waals surface area contributed by atoms with Gasteiger partial charge in [0.25, 0.3) is 0 Å². The molecule has 0 bridgehead atoms. The lowest BCUT2D eigenvalue weighted by molar-refractivity contribution is -0.121. The second kappa shape index (κ2) is 6.76. The minimum absolute atomic E-state index is 0.350. The van der Waals surface area contributed by atoms with Crippen LogP contribution < -0.4 is 11.1 Å². The molecule has 0 saturated carbocycles. The van der Waals surface area contributed by atoms with Crippen LogP contribution in [0, 0.1) is 5.92 Å². The second-order valence-electron chi connectivity index (χ2n) is 3.84. The van der Waals surface area contributed by atoms with Gasteiger partial charge in [-0.3, -0.25) is 4.79 Å². The van der Waals surface area contributed by atoms with Crippen LogP contribution in [0.5, 0.6) is 0 Å². The fourth-order valence-corrected chi connectivity index (χ4v) is 1.57. The Balaban J connectivity index is 2.11. The number of primary amides is 1. The van der Waals surface area contributed by atoms with Gasteiger partial charge in [0, 0.05) is 19.8 Å². The van der Waals surface area contributed by atoms with Crippen LogP contribution in [-0.2, 0) is 14.3 Å². The van der Waals surface area contributed by atoms with Crippen molar-refractivity contribution in [3.8, 4) is 0 Å². The van der Waals surface area contributed by atoms with E-state index in [1.165, 1.54) is 0 Å². The molecule has 1 unspecified atom stereocenters. The number of ether oxygens (including phenoxy) is 2. The maximum Gasteiger partial charge on any atom is 0.236 e. The Hall–Kier alpha value is -0.650. The minimum atomic E-state index is -0.384. The number of carbonyl (C=O) groups excluding carboxylic acids is 1. The van der Waals surface area contributed by atoms with E-state index < -0.39 is 0 Å². The van der Waals surface area contributed by atoms with E-state index in [0.717, 1.165) is 26.1 Å². The van der Waals surface area contributed by atoms with Gasteiger partial charge in [-0.1, -0.05) is 0 Å². The average Bonchev–Trinajstić information content (AvgIpc) is 2.25. The molecule has 3 N–H and O–H groups in total. The van der Waals surface area contributed by atoms with Gasteiger partial charge in [0.2, 0.25) is 5.91 Å². The molecule has 0 aromatic carbocycles. The van der Waals surface area contributed by atoms with Crippen LogP contribution in [0.4, 0.5) is 0 Å². The third-order valence-electron chi connectivity index (χ3n) is 2.67. The van der Waals surface area contributed by atoms with E-state index in [2.05, 4.69) is 5.32 Å². The fraction of sp³-hybridized carbons (Fsp3) is 0.900. The van der Waals surface area contributed by atoms with Crippen molar-refractivity contribution in [1.29, 1.82) is 0 Å². The highest BCUT2D eigenvalue weighted by Gasteiger charge is 2.16. The summed E-state index contributed by atoms with van der Waals surface area (Å²) >= 11 is 0. The first-order valence-corrected chi connectivity index (χ1v) is 5.36. The molecule has 0 spiro atoms. The normalized spacial score (nSPS) is 20.1. The van der Waals surface area contributed by atoms with Gasteiger partial charge in [-0.25, -0.2) is 0 Å². The third kappa shape index (κ3) is 4.59. The highest BCUT2D eigenvalue weighted by Crippen LogP contribution is 2.14. The van der Waals surface area contributed by atoms with Gasteiger partial charge >= 0.3 is 0 Å². The molecule has 5 heteroatoms. The molecule has 5 nitrogen and oxygen atoms in total. The first-order valence-electron chi connectivity index (χ1n) is 5.36. The van der Waals surface area contributed by atoms with Crippen molar-refractivity contribution >= 4 is 5.91 Å². The van der Waals surface area contributed by atoms with Crippen LogP contribution >= 0.6 is 0 Å². The number of carbonyl (C=O) groups is 1. The summed E-state index contributed by atoms with van der Waals surface area (Å²) in [5, 5.41) is 2.81. The van der Waals surface area contributed by atoms with Crippen molar-refractivity contribution in [1.82, 2.24) is 5.32 Å². The van der Waals surface area contributed by atoms with Gasteiger partial charge in [0.15, 0.2) is 0 Å². The van der Waals surface area contributed by atoms with Crippen molar-refractivity contribution in [2.75, 3.05) is 33.5 Å². The maximum atomic E-state index is 10.9. The van der Waals surface area contributed by atoms with Gasteiger partial charge in [0.1, 0.15) is 6.04 Å². The highest BCUT2D eigenvalue weighted by atomic mass is 16.5. The van der Waals surface area contributed by atoms with Crippen molar-refractivity contribution in [2.24, 2.45) is 11.7 Å². The van der Waals surface area contributed by atoms with Crippen molar-refractivity contribution in [3.63, 3.8) is 0 Å². The summed E-state index contributed by atoms with van der Waals surface area (Å²) in [4.78, 5) is 10.9. The lowest BCUT2D eigenvalue weighted by atomic mass is 10.0. The Labute approximate surface area is 90.3 Å². The summed E-state index contributed by atoms with van der Waals surface area (Å²) in [6.45, 7) is 2.68. The average molecular weight is 216 g/mol. The van der Waals surface area contributed by atoms with Crippen LogP contribution in [0.3, 0.4) is 0 Å². The van der Waals surface area contributed by atoms with Crippen LogP contribution in [0.15, 0.2) is 0 Å². The molecule has 15 heavy (non-hydrogen) atoms. The van der Waals surface area contributed by atoms with Crippen LogP contribution in [0.2, 0.25) is 0 Å². The summed E-state index contributed by atoms with van der Waals surface area (Å²) in [6, 6.07) is -0.384. The number of hydrogen-bond donors (Lipinski definition) is 2. The number of amides is 1. The monoisotopic (exact) mass is 216 g/mol. The zero-order valence-electron chi connectivity index (χ0n) is 9.20. The molecule has 1 saturated heterocycles. The van der Waals surface area contributed by atoms with Crippen LogP contribution in [0.25, 0.3) is 0 Å². The Morgan fingerprint density at radius 3 is 2.80 bits per heavy atom. The Bertz CT molecular complexity index is 193. The van der Waals surface area contributed by atoms with Crippen molar-refractivity contribution in [3.05, 3.63) is 0 Å². The molecular weight excluding hydrogens is 196 g/mol. The van der Waals surface area contributed by atoms with E-state index in [-0.39, 0.29) is 11.9 Å². The molecule has 0 aromatic heterocycles. The maximum absolute atomic E-state index is 10.9. The fourth-order valence-electron chi connectivity index (χ4n) is 1.57. The Morgan fingerprint density at radius 1 is 1.60 bits per heavy atom. The molecule has 0 aliphatic carbocycles. The second-order valence-corrected chi connectivity index (χ2v) is 3.84. The summed E-state index contributed by atoms with van der Waals surface area (Å²) in [6.07, 6.45) is 2.08. The SMILES string of the molecule is CNC(COCC1CCOCC1)C(N)=O. The van der Waals surface area contributed by atoms with Gasteiger partial charge < -0.3 is 20.5 Å². The largest absolute Gasteiger partial charge is 0.381 e. The van der Waals surface area contributed by atoms with E-state index >= 15 is 0 Å². The lowest BCUT2D eigenvalue weighted by Crippen LogP contribution is -2.43. The summed E-state index contributed by atoms with van der Waals surface area (Å²) in [7, 11) is 1.70. The molecule has 0 aromatic rings. The number of nitrogens with two attached hydrogens (primary N) is 1. The topological polar surface area (TPSA) is 73.6 Å². The summed E-state index contributed by atoms with van der Waals surface area (Å²) in [5.41, 5.74) is 5.17. The van der Waals surface area contributed by atoms with Gasteiger partial charge in [-0.2, -0.15) is 0 Å². The Kier molecular flexibility index (Phi) is 5.60. The standard InChI is InChI=1S/C10H20N2O3/c1-12-9(10(11)13)7-15-6-8-2-4-14-5-3-8/h8-9,12H,2-7H2,1H3,(H2,11,13). The van der Waals surface area contributed by atoms with E-state index in [4.69, 9.17) is 15.2 Å². The number of rotatable bonds is 6. The molecule has 1 aliphatic heterocycles. The molecule has 1 heterocycles. The predicted octanol–water partition coefficient (Wildman–Crippen LogP) is -0.497. The molecule has 1 atom stereocenters. The quantitative estimate of drug-likeness (QED) is 0.628. The molecule has 1 amide bonds. The van der Waals surface area contributed by atoms with E-state index in [1.54, 1.807) is 7.05 Å². The Morgan fingerprint density at radius 2 is 2.27 bits per heavy atom. The van der Waals surface area contributed by atoms with Gasteiger partial charge in [-0.05, 0) is 25.8 Å². The third-order valence-corrected chi connectivity index (χ3v) is 2.67. The molecule has 1 aliphatic rings. The first kappa shape index (κ1) is 12.4. The lowest BCUT2D eigenvalue weighted by Gasteiger charge is -2.22. The minimum Gasteiger partial charge on any atom is -0.381 e. The van der Waals surface area contributed by atoms with E-state index in [0.29, 0.717) is 19.1 Å². The van der Waals surface area contributed by atoms with E-state index in [1.807, 2.05) is 0 Å². The zero-order chi connectivity index (χ0) is 11.1. The summed E-state index contributed by atoms with van der Waals surface area (Å²) in [5.74, 6) is 0.189. The molecule has 1 rings (SSSR count). The van der Waals surface area contributed by atoms with Gasteiger partial charge in [0.05, 0.1) is 6.61 Å².